The molecule has 1 fully saturated rings. The van der Waals surface area contributed by atoms with E-state index in [2.05, 4.69) is 24.4 Å². The van der Waals surface area contributed by atoms with Crippen LogP contribution >= 0.6 is 0 Å². The minimum absolute atomic E-state index is 0.348. The van der Waals surface area contributed by atoms with Gasteiger partial charge in [0.1, 0.15) is 0 Å². The molecule has 1 unspecified atom stereocenters. The minimum atomic E-state index is 0.348. The van der Waals surface area contributed by atoms with E-state index in [4.69, 9.17) is 15.2 Å². The summed E-state index contributed by atoms with van der Waals surface area (Å²) in [5.41, 5.74) is 7.28. The third-order valence-electron chi connectivity index (χ3n) is 4.60. The highest BCUT2D eigenvalue weighted by Crippen LogP contribution is 2.32. The first-order chi connectivity index (χ1) is 10.2. The van der Waals surface area contributed by atoms with Crippen LogP contribution in [0.4, 0.5) is 0 Å². The number of hydrogen-bond acceptors (Lipinski definition) is 4. The van der Waals surface area contributed by atoms with Crippen molar-refractivity contribution in [2.45, 2.75) is 63.6 Å². The molecule has 116 valence electrons. The van der Waals surface area contributed by atoms with Gasteiger partial charge in [0.25, 0.3) is 0 Å². The molecule has 1 heterocycles. The third kappa shape index (κ3) is 3.89. The maximum atomic E-state index is 5.96. The average Bonchev–Trinajstić information content (AvgIpc) is 2.95. The van der Waals surface area contributed by atoms with Crippen LogP contribution in [-0.4, -0.2) is 24.9 Å². The first-order valence-electron chi connectivity index (χ1n) is 8.11. The van der Waals surface area contributed by atoms with E-state index >= 15 is 0 Å². The first kappa shape index (κ1) is 14.7. The molecule has 2 aliphatic rings. The van der Waals surface area contributed by atoms with Crippen LogP contribution in [0, 0.1) is 0 Å². The highest BCUT2D eigenvalue weighted by molar-refractivity contribution is 5.44. The summed E-state index contributed by atoms with van der Waals surface area (Å²) in [6.45, 7) is 2.63. The third-order valence-corrected chi connectivity index (χ3v) is 4.60. The Hall–Kier alpha value is -1.26. The number of benzene rings is 1. The van der Waals surface area contributed by atoms with E-state index in [-0.39, 0.29) is 0 Å². The Morgan fingerprint density at radius 1 is 1.19 bits per heavy atom. The van der Waals surface area contributed by atoms with Crippen molar-refractivity contribution in [2.75, 3.05) is 6.79 Å². The summed E-state index contributed by atoms with van der Waals surface area (Å²) >= 11 is 0. The summed E-state index contributed by atoms with van der Waals surface area (Å²) in [6.07, 6.45) is 6.96. The van der Waals surface area contributed by atoms with Gasteiger partial charge in [-0.2, -0.15) is 0 Å². The second-order valence-electron chi connectivity index (χ2n) is 6.41. The Morgan fingerprint density at radius 3 is 2.76 bits per heavy atom. The molecule has 0 saturated heterocycles. The van der Waals surface area contributed by atoms with Crippen LogP contribution in [0.1, 0.15) is 44.6 Å². The van der Waals surface area contributed by atoms with E-state index in [0.29, 0.717) is 24.9 Å². The minimum Gasteiger partial charge on any atom is -0.454 e. The molecule has 3 N–H and O–H groups in total. The SMILES string of the molecule is CC(CCc1ccc2c(c1)OCO2)NC1CCC(N)CC1. The number of nitrogens with one attached hydrogen (secondary N) is 1. The molecule has 0 amide bonds. The van der Waals surface area contributed by atoms with Crippen molar-refractivity contribution in [3.63, 3.8) is 0 Å². The molecule has 3 rings (SSSR count). The monoisotopic (exact) mass is 290 g/mol. The molecule has 4 heteroatoms. The van der Waals surface area contributed by atoms with Crippen molar-refractivity contribution < 1.29 is 9.47 Å². The number of ether oxygens (including phenoxy) is 2. The van der Waals surface area contributed by atoms with Crippen LogP contribution in [0.15, 0.2) is 18.2 Å². The normalized spacial score (nSPS) is 25.8. The zero-order valence-electron chi connectivity index (χ0n) is 12.8. The first-order valence-corrected chi connectivity index (χ1v) is 8.11. The van der Waals surface area contributed by atoms with Crippen LogP contribution in [0.5, 0.6) is 11.5 Å². The van der Waals surface area contributed by atoms with Crippen molar-refractivity contribution in [2.24, 2.45) is 5.73 Å². The molecule has 0 spiro atoms. The number of nitrogens with two attached hydrogens (primary N) is 1. The number of aryl methyl sites for hydroxylation is 1. The highest BCUT2D eigenvalue weighted by Gasteiger charge is 2.19. The van der Waals surface area contributed by atoms with Gasteiger partial charge in [-0.05, 0) is 63.1 Å². The lowest BCUT2D eigenvalue weighted by Gasteiger charge is -2.29. The van der Waals surface area contributed by atoms with Gasteiger partial charge in [-0.3, -0.25) is 0 Å². The number of rotatable bonds is 5. The van der Waals surface area contributed by atoms with Crippen LogP contribution in [0.25, 0.3) is 0 Å². The van der Waals surface area contributed by atoms with Gasteiger partial charge in [0.15, 0.2) is 11.5 Å². The Kier molecular flexibility index (Phi) is 4.66. The predicted molar refractivity (Wildman–Crippen MR) is 83.7 cm³/mol. The maximum absolute atomic E-state index is 5.96. The molecule has 1 aliphatic heterocycles. The zero-order valence-corrected chi connectivity index (χ0v) is 12.8. The molecular weight excluding hydrogens is 264 g/mol. The van der Waals surface area contributed by atoms with E-state index in [1.54, 1.807) is 0 Å². The topological polar surface area (TPSA) is 56.5 Å². The van der Waals surface area contributed by atoms with Gasteiger partial charge in [0.05, 0.1) is 0 Å². The lowest BCUT2D eigenvalue weighted by atomic mass is 9.91. The molecule has 1 aliphatic carbocycles. The maximum Gasteiger partial charge on any atom is 0.231 e. The molecule has 0 bridgehead atoms. The Morgan fingerprint density at radius 2 is 1.95 bits per heavy atom. The fraction of sp³-hybridized carbons (Fsp3) is 0.647. The summed E-state index contributed by atoms with van der Waals surface area (Å²) in [4.78, 5) is 0. The largest absolute Gasteiger partial charge is 0.454 e. The van der Waals surface area contributed by atoms with Gasteiger partial charge in [-0.25, -0.2) is 0 Å². The van der Waals surface area contributed by atoms with Gasteiger partial charge in [-0.1, -0.05) is 6.07 Å². The average molecular weight is 290 g/mol. The van der Waals surface area contributed by atoms with E-state index in [0.717, 1.165) is 37.2 Å². The van der Waals surface area contributed by atoms with E-state index in [1.807, 2.05) is 6.07 Å². The molecule has 1 saturated carbocycles. The highest BCUT2D eigenvalue weighted by atomic mass is 16.7. The lowest BCUT2D eigenvalue weighted by molar-refractivity contribution is 0.174. The van der Waals surface area contributed by atoms with Gasteiger partial charge in [0, 0.05) is 18.1 Å². The van der Waals surface area contributed by atoms with Gasteiger partial charge in [0.2, 0.25) is 6.79 Å². The lowest BCUT2D eigenvalue weighted by Crippen LogP contribution is -2.41. The Bertz CT molecular complexity index is 470. The molecule has 1 aromatic rings. The molecule has 21 heavy (non-hydrogen) atoms. The molecule has 0 radical (unpaired) electrons. The number of hydrogen-bond donors (Lipinski definition) is 2. The predicted octanol–water partition coefficient (Wildman–Crippen LogP) is 2.60. The van der Waals surface area contributed by atoms with Crippen molar-refractivity contribution in [1.82, 2.24) is 5.32 Å². The van der Waals surface area contributed by atoms with Crippen molar-refractivity contribution in [1.29, 1.82) is 0 Å². The smallest absolute Gasteiger partial charge is 0.231 e. The molecule has 4 nitrogen and oxygen atoms in total. The van der Waals surface area contributed by atoms with Crippen molar-refractivity contribution >= 4 is 0 Å². The fourth-order valence-electron chi connectivity index (χ4n) is 3.25. The summed E-state index contributed by atoms with van der Waals surface area (Å²) in [6, 6.07) is 7.87. The van der Waals surface area contributed by atoms with E-state index in [1.165, 1.54) is 18.4 Å². The van der Waals surface area contributed by atoms with Crippen molar-refractivity contribution in [3.05, 3.63) is 23.8 Å². The van der Waals surface area contributed by atoms with Crippen LogP contribution in [0.3, 0.4) is 0 Å². The molecule has 1 aromatic carbocycles. The fourth-order valence-corrected chi connectivity index (χ4v) is 3.25. The van der Waals surface area contributed by atoms with Gasteiger partial charge in [-0.15, -0.1) is 0 Å². The molecule has 0 aromatic heterocycles. The van der Waals surface area contributed by atoms with Crippen LogP contribution in [0.2, 0.25) is 0 Å². The standard InChI is InChI=1S/C17H26N2O2/c1-12(19-15-7-5-14(18)6-8-15)2-3-13-4-9-16-17(10-13)21-11-20-16/h4,9-10,12,14-15,19H,2-3,5-8,11,18H2,1H3. The number of fused-ring (bicyclic) bond motifs is 1. The Labute approximate surface area is 127 Å². The molecule has 1 atom stereocenters. The second kappa shape index (κ2) is 6.67. The van der Waals surface area contributed by atoms with Crippen LogP contribution in [-0.2, 0) is 6.42 Å². The zero-order chi connectivity index (χ0) is 14.7. The van der Waals surface area contributed by atoms with Gasteiger partial charge >= 0.3 is 0 Å². The van der Waals surface area contributed by atoms with Crippen molar-refractivity contribution in [3.8, 4) is 11.5 Å². The summed E-state index contributed by atoms with van der Waals surface area (Å²) < 4.78 is 10.8. The van der Waals surface area contributed by atoms with E-state index < -0.39 is 0 Å². The van der Waals surface area contributed by atoms with Gasteiger partial charge < -0.3 is 20.5 Å². The Balaban J connectivity index is 1.44. The van der Waals surface area contributed by atoms with E-state index in [9.17, 15) is 0 Å². The van der Waals surface area contributed by atoms with Crippen LogP contribution < -0.4 is 20.5 Å². The summed E-state index contributed by atoms with van der Waals surface area (Å²) in [7, 11) is 0. The summed E-state index contributed by atoms with van der Waals surface area (Å²) in [5, 5.41) is 3.75. The quantitative estimate of drug-likeness (QED) is 0.875. The summed E-state index contributed by atoms with van der Waals surface area (Å²) in [5.74, 6) is 1.75. The second-order valence-corrected chi connectivity index (χ2v) is 6.41. The molecular formula is C17H26N2O2.